The highest BCUT2D eigenvalue weighted by Gasteiger charge is 2.30. The number of hydrogen-bond acceptors (Lipinski definition) is 2. The maximum atomic E-state index is 14.0. The van der Waals surface area contributed by atoms with Gasteiger partial charge < -0.3 is 5.73 Å². The molecule has 0 heterocycles. The first-order valence-corrected chi connectivity index (χ1v) is 6.64. The summed E-state index contributed by atoms with van der Waals surface area (Å²) in [6, 6.07) is 1.87. The fraction of sp³-hybridized carbons (Fsp3) is 0.364. The van der Waals surface area contributed by atoms with Crippen LogP contribution in [-0.4, -0.2) is 21.2 Å². The normalized spacial score (nSPS) is 16.2. The van der Waals surface area contributed by atoms with Crippen LogP contribution in [0.15, 0.2) is 12.1 Å². The molecule has 3 N–H and O–H groups in total. The first-order chi connectivity index (χ1) is 8.91. The minimum Gasteiger partial charge on any atom is -0.365 e. The van der Waals surface area contributed by atoms with Gasteiger partial charge >= 0.3 is 0 Å². The highest BCUT2D eigenvalue weighted by Crippen LogP contribution is 2.33. The van der Waals surface area contributed by atoms with Gasteiger partial charge in [-0.15, -0.1) is 0 Å². The molecule has 5 nitrogen and oxygen atoms in total. The first kappa shape index (κ1) is 13.9. The number of nitrogens with zero attached hydrogens (tertiary/aromatic N) is 1. The SMILES string of the molecule is NC(=O)c1c(F)ccc(N(CC2CC2)S(=O)O)c1F. The van der Waals surface area contributed by atoms with Gasteiger partial charge in [0.15, 0.2) is 5.82 Å². The van der Waals surface area contributed by atoms with E-state index in [9.17, 15) is 22.3 Å². The second-order valence-electron chi connectivity index (χ2n) is 4.35. The van der Waals surface area contributed by atoms with E-state index >= 15 is 0 Å². The monoisotopic (exact) mass is 290 g/mol. The van der Waals surface area contributed by atoms with Gasteiger partial charge in [-0.3, -0.25) is 13.7 Å². The van der Waals surface area contributed by atoms with Gasteiger partial charge in [0.05, 0.1) is 5.69 Å². The molecule has 8 heteroatoms. The second-order valence-corrected chi connectivity index (χ2v) is 5.26. The van der Waals surface area contributed by atoms with Gasteiger partial charge in [0.2, 0.25) is 0 Å². The summed E-state index contributed by atoms with van der Waals surface area (Å²) in [7, 11) is 0. The molecule has 1 unspecified atom stereocenters. The van der Waals surface area contributed by atoms with Crippen molar-refractivity contribution in [1.29, 1.82) is 0 Å². The van der Waals surface area contributed by atoms with E-state index in [-0.39, 0.29) is 18.2 Å². The molecular formula is C11H12F2N2O3S. The van der Waals surface area contributed by atoms with Gasteiger partial charge in [0.25, 0.3) is 17.2 Å². The number of primary amides is 1. The van der Waals surface area contributed by atoms with E-state index in [0.717, 1.165) is 29.3 Å². The summed E-state index contributed by atoms with van der Waals surface area (Å²) in [6.45, 7) is 0.171. The van der Waals surface area contributed by atoms with Crippen LogP contribution >= 0.6 is 0 Å². The molecule has 19 heavy (non-hydrogen) atoms. The van der Waals surface area contributed by atoms with Crippen molar-refractivity contribution in [3.8, 4) is 0 Å². The molecule has 0 aliphatic heterocycles. The minimum atomic E-state index is -2.45. The third-order valence-electron chi connectivity index (χ3n) is 2.90. The van der Waals surface area contributed by atoms with Gasteiger partial charge in [0.1, 0.15) is 11.4 Å². The third-order valence-corrected chi connectivity index (χ3v) is 3.62. The molecule has 1 aromatic rings. The summed E-state index contributed by atoms with van der Waals surface area (Å²) in [4.78, 5) is 11.0. The molecule has 0 spiro atoms. The zero-order chi connectivity index (χ0) is 14.2. The van der Waals surface area contributed by atoms with Crippen LogP contribution in [0.2, 0.25) is 0 Å². The number of benzene rings is 1. The predicted molar refractivity (Wildman–Crippen MR) is 65.7 cm³/mol. The third kappa shape index (κ3) is 2.90. The number of carbonyl (C=O) groups excluding carboxylic acids is 1. The van der Waals surface area contributed by atoms with Crippen molar-refractivity contribution in [2.45, 2.75) is 12.8 Å². The van der Waals surface area contributed by atoms with E-state index in [2.05, 4.69) is 0 Å². The van der Waals surface area contributed by atoms with Crippen LogP contribution in [-0.2, 0) is 11.3 Å². The Morgan fingerprint density at radius 2 is 2.11 bits per heavy atom. The number of carbonyl (C=O) groups is 1. The van der Waals surface area contributed by atoms with Gasteiger partial charge in [-0.25, -0.2) is 13.0 Å². The van der Waals surface area contributed by atoms with Crippen LogP contribution in [0.1, 0.15) is 23.2 Å². The van der Waals surface area contributed by atoms with Crippen molar-refractivity contribution < 1.29 is 22.3 Å². The van der Waals surface area contributed by atoms with E-state index in [1.165, 1.54) is 0 Å². The molecule has 0 aromatic heterocycles. The van der Waals surface area contributed by atoms with E-state index in [4.69, 9.17) is 5.73 Å². The van der Waals surface area contributed by atoms with Crippen LogP contribution in [0.4, 0.5) is 14.5 Å². The Hall–Kier alpha value is -1.54. The maximum absolute atomic E-state index is 14.0. The largest absolute Gasteiger partial charge is 0.365 e. The van der Waals surface area contributed by atoms with Crippen molar-refractivity contribution in [2.24, 2.45) is 11.7 Å². The van der Waals surface area contributed by atoms with Crippen molar-refractivity contribution in [1.82, 2.24) is 0 Å². The van der Waals surface area contributed by atoms with Crippen molar-refractivity contribution in [3.05, 3.63) is 29.3 Å². The van der Waals surface area contributed by atoms with E-state index < -0.39 is 34.4 Å². The number of hydrogen-bond donors (Lipinski definition) is 2. The molecule has 1 amide bonds. The fourth-order valence-electron chi connectivity index (χ4n) is 1.74. The second kappa shape index (κ2) is 5.22. The summed E-state index contributed by atoms with van der Waals surface area (Å²) in [6.07, 6.45) is 1.78. The molecule has 1 aliphatic carbocycles. The Morgan fingerprint density at radius 3 is 2.58 bits per heavy atom. The van der Waals surface area contributed by atoms with Gasteiger partial charge in [-0.2, -0.15) is 0 Å². The number of halogens is 2. The molecule has 0 bridgehead atoms. The Morgan fingerprint density at radius 1 is 1.47 bits per heavy atom. The average molecular weight is 290 g/mol. The summed E-state index contributed by atoms with van der Waals surface area (Å²) >= 11 is -2.45. The maximum Gasteiger partial charge on any atom is 0.261 e. The van der Waals surface area contributed by atoms with Crippen molar-refractivity contribution in [2.75, 3.05) is 10.8 Å². The Bertz CT molecular complexity index is 549. The van der Waals surface area contributed by atoms with E-state index in [0.29, 0.717) is 0 Å². The lowest BCUT2D eigenvalue weighted by molar-refractivity contribution is 0.0992. The van der Waals surface area contributed by atoms with Crippen LogP contribution in [0.25, 0.3) is 0 Å². The predicted octanol–water partition coefficient (Wildman–Crippen LogP) is 1.42. The van der Waals surface area contributed by atoms with E-state index in [1.54, 1.807) is 0 Å². The lowest BCUT2D eigenvalue weighted by atomic mass is 10.1. The zero-order valence-corrected chi connectivity index (χ0v) is 10.6. The first-order valence-electron chi connectivity index (χ1n) is 5.58. The molecule has 1 aromatic carbocycles. The number of amides is 1. The lowest BCUT2D eigenvalue weighted by Crippen LogP contribution is -2.29. The zero-order valence-electron chi connectivity index (χ0n) is 9.81. The molecule has 1 saturated carbocycles. The fourth-order valence-corrected chi connectivity index (χ4v) is 2.39. The van der Waals surface area contributed by atoms with Crippen LogP contribution < -0.4 is 10.0 Å². The topological polar surface area (TPSA) is 83.6 Å². The van der Waals surface area contributed by atoms with E-state index in [1.807, 2.05) is 0 Å². The smallest absolute Gasteiger partial charge is 0.261 e. The summed E-state index contributed by atoms with van der Waals surface area (Å²) in [5, 5.41) is 0. The molecule has 2 rings (SSSR count). The van der Waals surface area contributed by atoms with Crippen LogP contribution in [0.3, 0.4) is 0 Å². The highest BCUT2D eigenvalue weighted by molar-refractivity contribution is 7.80. The van der Waals surface area contributed by atoms with Gasteiger partial charge in [0, 0.05) is 6.54 Å². The minimum absolute atomic E-state index is 0.171. The van der Waals surface area contributed by atoms with Crippen LogP contribution in [0.5, 0.6) is 0 Å². The van der Waals surface area contributed by atoms with Crippen LogP contribution in [0, 0.1) is 17.6 Å². The Balaban J connectivity index is 2.44. The molecule has 1 fully saturated rings. The molecular weight excluding hydrogens is 278 g/mol. The number of anilines is 1. The van der Waals surface area contributed by atoms with Gasteiger partial charge in [-0.1, -0.05) is 0 Å². The standard InChI is InChI=1S/C11H12F2N2O3S/c12-7-3-4-8(10(13)9(7)11(14)16)15(19(17)18)5-6-1-2-6/h3-4,6H,1-2,5H2,(H2,14,16)(H,17,18). The van der Waals surface area contributed by atoms with Gasteiger partial charge in [-0.05, 0) is 30.9 Å². The molecule has 104 valence electrons. The molecule has 1 atom stereocenters. The Labute approximate surface area is 110 Å². The Kier molecular flexibility index (Phi) is 3.81. The van der Waals surface area contributed by atoms with Crippen molar-refractivity contribution >= 4 is 22.9 Å². The van der Waals surface area contributed by atoms with Crippen molar-refractivity contribution in [3.63, 3.8) is 0 Å². The molecule has 0 saturated heterocycles. The number of rotatable bonds is 5. The number of nitrogens with two attached hydrogens (primary N) is 1. The summed E-state index contributed by atoms with van der Waals surface area (Å²) in [5.41, 5.74) is 3.70. The molecule has 1 aliphatic rings. The quantitative estimate of drug-likeness (QED) is 0.804. The highest BCUT2D eigenvalue weighted by atomic mass is 32.2. The summed E-state index contributed by atoms with van der Waals surface area (Å²) < 4.78 is 48.7. The summed E-state index contributed by atoms with van der Waals surface area (Å²) in [5.74, 6) is -3.36. The average Bonchev–Trinajstić information content (AvgIpc) is 3.10. The lowest BCUT2D eigenvalue weighted by Gasteiger charge is -2.21. The molecule has 0 radical (unpaired) electrons.